The maximum Gasteiger partial charge on any atom is 0.329 e. The van der Waals surface area contributed by atoms with E-state index in [0.717, 1.165) is 24.1 Å². The van der Waals surface area contributed by atoms with Gasteiger partial charge in [0.2, 0.25) is 17.7 Å². The number of rotatable bonds is 9. The van der Waals surface area contributed by atoms with Gasteiger partial charge < -0.3 is 15.0 Å². The molecule has 1 unspecified atom stereocenters. The average molecular weight is 798 g/mol. The number of aryl methyl sites for hydroxylation is 1. The van der Waals surface area contributed by atoms with E-state index in [2.05, 4.69) is 15.5 Å². The summed E-state index contributed by atoms with van der Waals surface area (Å²) >= 11 is 0. The number of anilines is 3. The number of imidazole rings is 1. The molecule has 0 bridgehead atoms. The molecule has 0 aliphatic carbocycles. The molecule has 1 aromatic heterocycles. The summed E-state index contributed by atoms with van der Waals surface area (Å²) < 4.78 is 53.3. The van der Waals surface area contributed by atoms with Gasteiger partial charge in [0.15, 0.2) is 5.82 Å². The molecule has 3 aliphatic rings. The van der Waals surface area contributed by atoms with Crippen LogP contribution in [-0.4, -0.2) is 60.8 Å². The van der Waals surface area contributed by atoms with E-state index in [9.17, 15) is 32.4 Å². The van der Waals surface area contributed by atoms with Gasteiger partial charge in [0.25, 0.3) is 5.91 Å². The molecule has 57 heavy (non-hydrogen) atoms. The predicted octanol–water partition coefficient (Wildman–Crippen LogP) is 3.86. The van der Waals surface area contributed by atoms with Crippen molar-refractivity contribution >= 4 is 72.7 Å². The van der Waals surface area contributed by atoms with Crippen LogP contribution in [-0.2, 0) is 43.0 Å². The lowest BCUT2D eigenvalue weighted by molar-refractivity contribution is -0.135. The Kier molecular flexibility index (Phi) is 9.71. The number of nitrogens with one attached hydrogen (secondary N) is 3. The van der Waals surface area contributed by atoms with Crippen LogP contribution in [0.2, 0.25) is 0 Å². The SMILES string of the molecule is C[C@H](C(=O)Nc1ccc2c(F)c(N3CC(=O)NS3(=O)=O)c(OCc3ccccc3)cc2c1)C1CCN(c2ccc3c(c2)n(C)c(=O)n3C2CCC(=O)NC2=O)CC1. The van der Waals surface area contributed by atoms with Gasteiger partial charge in [-0.1, -0.05) is 37.3 Å². The minimum atomic E-state index is -4.35. The lowest BCUT2D eigenvalue weighted by Gasteiger charge is -2.36. The number of aromatic nitrogens is 2. The summed E-state index contributed by atoms with van der Waals surface area (Å²) in [7, 11) is -2.69. The highest BCUT2D eigenvalue weighted by atomic mass is 32.2. The van der Waals surface area contributed by atoms with Crippen molar-refractivity contribution < 1.29 is 36.7 Å². The molecule has 4 amide bonds. The van der Waals surface area contributed by atoms with Crippen LogP contribution >= 0.6 is 0 Å². The number of hydrogen-bond donors (Lipinski definition) is 3. The van der Waals surface area contributed by atoms with Gasteiger partial charge in [0.05, 0.1) is 11.0 Å². The number of benzene rings is 4. The number of nitrogens with zero attached hydrogens (tertiary/aromatic N) is 4. The molecule has 3 fully saturated rings. The molecule has 0 saturated carbocycles. The largest absolute Gasteiger partial charge is 0.487 e. The van der Waals surface area contributed by atoms with Crippen molar-refractivity contribution in [1.82, 2.24) is 19.2 Å². The summed E-state index contributed by atoms with van der Waals surface area (Å²) in [6.07, 6.45) is 1.88. The maximum atomic E-state index is 16.3. The fraction of sp³-hybridized carbons (Fsp3) is 0.325. The molecule has 3 N–H and O–H groups in total. The third-order valence-electron chi connectivity index (χ3n) is 11.2. The summed E-state index contributed by atoms with van der Waals surface area (Å²) in [5.74, 6) is -3.09. The lowest BCUT2D eigenvalue weighted by atomic mass is 9.84. The molecule has 3 saturated heterocycles. The van der Waals surface area contributed by atoms with E-state index >= 15 is 4.39 Å². The highest BCUT2D eigenvalue weighted by Gasteiger charge is 2.39. The number of piperidine rings is 2. The van der Waals surface area contributed by atoms with Crippen molar-refractivity contribution in [2.75, 3.05) is 34.2 Å². The number of carbonyl (C=O) groups is 4. The Morgan fingerprint density at radius 3 is 2.40 bits per heavy atom. The molecule has 17 heteroatoms. The average Bonchev–Trinajstić information content (AvgIpc) is 3.61. The first kappa shape index (κ1) is 37.7. The number of ether oxygens (including phenoxy) is 1. The third kappa shape index (κ3) is 7.07. The van der Waals surface area contributed by atoms with Crippen molar-refractivity contribution in [2.24, 2.45) is 18.9 Å². The minimum absolute atomic E-state index is 0.00711. The molecule has 5 aromatic rings. The summed E-state index contributed by atoms with van der Waals surface area (Å²) in [5, 5.41) is 5.73. The van der Waals surface area contributed by atoms with Crippen LogP contribution in [0.25, 0.3) is 21.8 Å². The first-order valence-electron chi connectivity index (χ1n) is 18.7. The van der Waals surface area contributed by atoms with Crippen LogP contribution in [0.1, 0.15) is 44.2 Å². The molecule has 0 spiro atoms. The van der Waals surface area contributed by atoms with Crippen molar-refractivity contribution in [2.45, 2.75) is 45.3 Å². The van der Waals surface area contributed by atoms with Crippen LogP contribution < -0.4 is 35.0 Å². The van der Waals surface area contributed by atoms with E-state index in [1.165, 1.54) is 21.3 Å². The summed E-state index contributed by atoms with van der Waals surface area (Å²) in [4.78, 5) is 65.4. The normalized spacial score (nSPS) is 19.1. The zero-order valence-corrected chi connectivity index (χ0v) is 32.0. The first-order valence-corrected chi connectivity index (χ1v) is 20.1. The van der Waals surface area contributed by atoms with E-state index in [1.807, 2.05) is 60.2 Å². The highest BCUT2D eigenvalue weighted by molar-refractivity contribution is 7.92. The van der Waals surface area contributed by atoms with Gasteiger partial charge >= 0.3 is 15.9 Å². The Morgan fingerprint density at radius 2 is 1.70 bits per heavy atom. The Labute approximate surface area is 326 Å². The Balaban J connectivity index is 0.965. The second-order valence-electron chi connectivity index (χ2n) is 14.7. The fourth-order valence-electron chi connectivity index (χ4n) is 8.03. The van der Waals surface area contributed by atoms with Crippen molar-refractivity contribution in [3.05, 3.63) is 94.7 Å². The topological polar surface area (TPSA) is 181 Å². The van der Waals surface area contributed by atoms with Crippen molar-refractivity contribution in [3.8, 4) is 5.75 Å². The zero-order chi connectivity index (χ0) is 40.2. The molecule has 4 heterocycles. The molecule has 15 nitrogen and oxygen atoms in total. The minimum Gasteiger partial charge on any atom is -0.487 e. The van der Waals surface area contributed by atoms with Crippen LogP contribution in [0.5, 0.6) is 5.75 Å². The van der Waals surface area contributed by atoms with E-state index < -0.39 is 40.4 Å². The molecule has 296 valence electrons. The summed E-state index contributed by atoms with van der Waals surface area (Å²) in [6.45, 7) is 2.63. The smallest absolute Gasteiger partial charge is 0.329 e. The number of amides is 4. The Bertz CT molecular complexity index is 2640. The van der Waals surface area contributed by atoms with Gasteiger partial charge in [0, 0.05) is 49.2 Å². The van der Waals surface area contributed by atoms with Gasteiger partial charge in [-0.15, -0.1) is 0 Å². The monoisotopic (exact) mass is 797 g/mol. The highest BCUT2D eigenvalue weighted by Crippen LogP contribution is 2.41. The van der Waals surface area contributed by atoms with Crippen molar-refractivity contribution in [3.63, 3.8) is 0 Å². The number of imide groups is 1. The van der Waals surface area contributed by atoms with Crippen LogP contribution in [0.4, 0.5) is 21.5 Å². The molecule has 4 aromatic carbocycles. The van der Waals surface area contributed by atoms with E-state index in [4.69, 9.17) is 4.74 Å². The molecule has 8 rings (SSSR count). The zero-order valence-electron chi connectivity index (χ0n) is 31.2. The fourth-order valence-corrected chi connectivity index (χ4v) is 9.19. The predicted molar refractivity (Wildman–Crippen MR) is 210 cm³/mol. The molecule has 0 radical (unpaired) electrons. The quantitative estimate of drug-likeness (QED) is 0.187. The number of halogens is 1. The van der Waals surface area contributed by atoms with Gasteiger partial charge in [-0.05, 0) is 78.6 Å². The van der Waals surface area contributed by atoms with Gasteiger partial charge in [-0.3, -0.25) is 33.6 Å². The van der Waals surface area contributed by atoms with Crippen molar-refractivity contribution in [1.29, 1.82) is 0 Å². The Hall–Kier alpha value is -6.23. The van der Waals surface area contributed by atoms with Gasteiger partial charge in [-0.25, -0.2) is 18.2 Å². The van der Waals surface area contributed by atoms with Gasteiger partial charge in [0.1, 0.15) is 30.6 Å². The summed E-state index contributed by atoms with van der Waals surface area (Å²) in [5.41, 5.74) is 2.67. The Morgan fingerprint density at radius 1 is 0.947 bits per heavy atom. The molecule has 3 aliphatic heterocycles. The second-order valence-corrected chi connectivity index (χ2v) is 16.3. The molecule has 2 atom stereocenters. The van der Waals surface area contributed by atoms with E-state index in [0.29, 0.717) is 39.5 Å². The van der Waals surface area contributed by atoms with Crippen LogP contribution in [0.15, 0.2) is 77.6 Å². The first-order chi connectivity index (χ1) is 27.3. The maximum absolute atomic E-state index is 16.3. The van der Waals surface area contributed by atoms with Crippen LogP contribution in [0, 0.1) is 17.7 Å². The third-order valence-corrected chi connectivity index (χ3v) is 12.6. The second kappa shape index (κ2) is 14.7. The number of hydrogen-bond acceptors (Lipinski definition) is 9. The lowest BCUT2D eigenvalue weighted by Crippen LogP contribution is -2.44. The van der Waals surface area contributed by atoms with E-state index in [-0.39, 0.29) is 65.6 Å². The standard InChI is InChI=1S/C40H40FN7O8S/c1-23(25-14-16-46(17-15-25)28-9-11-30-32(20-28)45(2)40(53)48(30)31-12-13-34(49)43-39(31)52)38(51)42-27-8-10-29-26(18-27)19-33(56-22-24-6-4-3-5-7-24)37(36(29)41)47-21-35(50)44-57(47,54)55/h3-11,18-20,23,25,31H,12-17,21-22H2,1-2H3,(H,42,51)(H,44,50)(H,43,49,52)/t23-,31?/m0/s1. The van der Waals surface area contributed by atoms with Crippen LogP contribution in [0.3, 0.4) is 0 Å². The number of fused-ring (bicyclic) bond motifs is 2. The number of carbonyl (C=O) groups excluding carboxylic acids is 4. The molecular formula is C40H40FN7O8S. The van der Waals surface area contributed by atoms with E-state index in [1.54, 1.807) is 19.2 Å². The molecular weight excluding hydrogens is 758 g/mol. The summed E-state index contributed by atoms with van der Waals surface area (Å²) in [6, 6.07) is 20.1. The van der Waals surface area contributed by atoms with Gasteiger partial charge in [-0.2, -0.15) is 8.42 Å².